The molecule has 0 spiro atoms. The fourth-order valence-corrected chi connectivity index (χ4v) is 4.79. The lowest BCUT2D eigenvalue weighted by atomic mass is 9.88. The van der Waals surface area contributed by atoms with Crippen LogP contribution in [-0.2, 0) is 28.9 Å². The highest BCUT2D eigenvalue weighted by molar-refractivity contribution is 7.17. The molecule has 0 bridgehead atoms. The Morgan fingerprint density at radius 3 is 2.96 bits per heavy atom. The van der Waals surface area contributed by atoms with Gasteiger partial charge in [0.15, 0.2) is 12.3 Å². The van der Waals surface area contributed by atoms with Crippen molar-refractivity contribution < 1.29 is 23.6 Å². The quantitative estimate of drug-likeness (QED) is 0.755. The molecule has 1 unspecified atom stereocenters. The maximum Gasteiger partial charge on any atom is 0.341 e. The van der Waals surface area contributed by atoms with E-state index in [2.05, 4.69) is 12.2 Å². The second-order valence-electron chi connectivity index (χ2n) is 6.99. The topological polar surface area (TPSA) is 73.0 Å². The molecule has 1 amide bonds. The summed E-state index contributed by atoms with van der Waals surface area (Å²) in [5.74, 6) is 0.944. The summed E-state index contributed by atoms with van der Waals surface area (Å²) in [6, 6.07) is 3.73. The van der Waals surface area contributed by atoms with Crippen molar-refractivity contribution in [1.29, 1.82) is 0 Å². The largest absolute Gasteiger partial charge is 0.465 e. The number of furan rings is 1. The number of carbonyl (C=O) groups excluding carboxylic acids is 2. The minimum atomic E-state index is -0.372. The molecule has 6 nitrogen and oxygen atoms in total. The van der Waals surface area contributed by atoms with E-state index in [1.54, 1.807) is 6.26 Å². The van der Waals surface area contributed by atoms with Crippen LogP contribution >= 0.6 is 11.3 Å². The van der Waals surface area contributed by atoms with Crippen LogP contribution in [0.2, 0.25) is 0 Å². The Morgan fingerprint density at radius 2 is 2.27 bits per heavy atom. The predicted octanol–water partition coefficient (Wildman–Crippen LogP) is 1.91. The summed E-state index contributed by atoms with van der Waals surface area (Å²) < 4.78 is 10.3. The van der Waals surface area contributed by atoms with Crippen molar-refractivity contribution in [2.24, 2.45) is 5.92 Å². The molecule has 2 N–H and O–H groups in total. The minimum Gasteiger partial charge on any atom is -0.465 e. The standard InChI is InChI=1S/C19H24N2O4S/c1-12-6-7-14-15(9-12)26-18(17(14)19(23)24-3)20-16(22)11-21(2)10-13-5-4-8-25-13/h4-5,8,12H,6-7,9-11H2,1-3H3,(H,20,22)/p+1/t12-/m0/s1. The van der Waals surface area contributed by atoms with Gasteiger partial charge in [-0.05, 0) is 42.9 Å². The van der Waals surface area contributed by atoms with E-state index in [0.29, 0.717) is 29.6 Å². The normalized spacial score (nSPS) is 17.4. The highest BCUT2D eigenvalue weighted by Crippen LogP contribution is 2.39. The molecule has 0 radical (unpaired) electrons. The van der Waals surface area contributed by atoms with E-state index in [-0.39, 0.29) is 11.9 Å². The van der Waals surface area contributed by atoms with Gasteiger partial charge in [0.1, 0.15) is 11.5 Å². The number of quaternary nitrogens is 1. The van der Waals surface area contributed by atoms with Crippen LogP contribution in [0.3, 0.4) is 0 Å². The average molecular weight is 377 g/mol. The monoisotopic (exact) mass is 377 g/mol. The maximum atomic E-state index is 12.5. The Hall–Kier alpha value is -2.12. The van der Waals surface area contributed by atoms with Crippen molar-refractivity contribution in [2.45, 2.75) is 32.7 Å². The van der Waals surface area contributed by atoms with Crippen LogP contribution < -0.4 is 10.2 Å². The molecule has 1 aliphatic rings. The fraction of sp³-hybridized carbons (Fsp3) is 0.474. The smallest absolute Gasteiger partial charge is 0.341 e. The van der Waals surface area contributed by atoms with Gasteiger partial charge in [-0.1, -0.05) is 6.92 Å². The van der Waals surface area contributed by atoms with E-state index in [1.807, 2.05) is 19.2 Å². The SMILES string of the molecule is COC(=O)c1c(NC(=O)C[NH+](C)Cc2ccco2)sc2c1CC[C@H](C)C2. The highest BCUT2D eigenvalue weighted by Gasteiger charge is 2.29. The second kappa shape index (κ2) is 8.05. The van der Waals surface area contributed by atoms with E-state index in [9.17, 15) is 9.59 Å². The van der Waals surface area contributed by atoms with Gasteiger partial charge in [0.2, 0.25) is 0 Å². The summed E-state index contributed by atoms with van der Waals surface area (Å²) in [4.78, 5) is 27.0. The molecule has 2 atom stereocenters. The number of anilines is 1. The van der Waals surface area contributed by atoms with Crippen molar-refractivity contribution >= 4 is 28.2 Å². The zero-order chi connectivity index (χ0) is 18.7. The molecule has 7 heteroatoms. The molecular formula is C19H25N2O4S+. The lowest BCUT2D eigenvalue weighted by Crippen LogP contribution is -3.08. The first kappa shape index (κ1) is 18.7. The third kappa shape index (κ3) is 4.16. The van der Waals surface area contributed by atoms with Gasteiger partial charge in [0.25, 0.3) is 5.91 Å². The number of rotatable bonds is 6. The summed E-state index contributed by atoms with van der Waals surface area (Å²) >= 11 is 1.51. The summed E-state index contributed by atoms with van der Waals surface area (Å²) in [6.45, 7) is 3.13. The first-order valence-electron chi connectivity index (χ1n) is 8.84. The molecule has 0 fully saturated rings. The van der Waals surface area contributed by atoms with Gasteiger partial charge < -0.3 is 19.4 Å². The number of ether oxygens (including phenoxy) is 1. The highest BCUT2D eigenvalue weighted by atomic mass is 32.1. The van der Waals surface area contributed by atoms with Crippen molar-refractivity contribution in [3.05, 3.63) is 40.2 Å². The summed E-state index contributed by atoms with van der Waals surface area (Å²) in [6.07, 6.45) is 4.49. The van der Waals surface area contributed by atoms with Crippen LogP contribution in [0.4, 0.5) is 5.00 Å². The van der Waals surface area contributed by atoms with Crippen molar-refractivity contribution in [3.63, 3.8) is 0 Å². The van der Waals surface area contributed by atoms with Gasteiger partial charge in [-0.2, -0.15) is 0 Å². The van der Waals surface area contributed by atoms with E-state index >= 15 is 0 Å². The van der Waals surface area contributed by atoms with Gasteiger partial charge >= 0.3 is 5.97 Å². The Balaban J connectivity index is 1.72. The molecule has 0 aliphatic heterocycles. The number of methoxy groups -OCH3 is 1. The zero-order valence-electron chi connectivity index (χ0n) is 15.4. The van der Waals surface area contributed by atoms with Crippen LogP contribution in [-0.4, -0.2) is 32.6 Å². The Kier molecular flexibility index (Phi) is 5.78. The van der Waals surface area contributed by atoms with Crippen LogP contribution in [0.15, 0.2) is 22.8 Å². The predicted molar refractivity (Wildman–Crippen MR) is 99.6 cm³/mol. The minimum absolute atomic E-state index is 0.120. The molecule has 2 aromatic rings. The fourth-order valence-electron chi connectivity index (χ4n) is 3.37. The molecule has 1 aliphatic carbocycles. The molecule has 0 saturated heterocycles. The lowest BCUT2D eigenvalue weighted by Gasteiger charge is -2.18. The second-order valence-corrected chi connectivity index (χ2v) is 8.09. The Bertz CT molecular complexity index is 782. The van der Waals surface area contributed by atoms with Gasteiger partial charge in [-0.3, -0.25) is 4.79 Å². The molecular weight excluding hydrogens is 352 g/mol. The van der Waals surface area contributed by atoms with E-state index in [4.69, 9.17) is 9.15 Å². The molecule has 2 heterocycles. The number of hydrogen-bond donors (Lipinski definition) is 2. The van der Waals surface area contributed by atoms with Crippen molar-refractivity contribution in [1.82, 2.24) is 0 Å². The summed E-state index contributed by atoms with van der Waals surface area (Å²) in [5, 5.41) is 3.55. The van der Waals surface area contributed by atoms with Gasteiger partial charge in [-0.15, -0.1) is 11.3 Å². The number of amides is 1. The molecule has 0 aromatic carbocycles. The van der Waals surface area contributed by atoms with Gasteiger partial charge in [0, 0.05) is 4.88 Å². The average Bonchev–Trinajstić information content (AvgIpc) is 3.20. The number of fused-ring (bicyclic) bond motifs is 1. The molecule has 2 aromatic heterocycles. The molecule has 140 valence electrons. The molecule has 0 saturated carbocycles. The van der Waals surface area contributed by atoms with Gasteiger partial charge in [-0.25, -0.2) is 4.79 Å². The third-order valence-corrected chi connectivity index (χ3v) is 5.84. The molecule has 3 rings (SSSR count). The first-order valence-corrected chi connectivity index (χ1v) is 9.66. The lowest BCUT2D eigenvalue weighted by molar-refractivity contribution is -0.886. The number of thiophene rings is 1. The van der Waals surface area contributed by atoms with Crippen molar-refractivity contribution in [3.8, 4) is 0 Å². The molecule has 26 heavy (non-hydrogen) atoms. The van der Waals surface area contributed by atoms with Crippen molar-refractivity contribution in [2.75, 3.05) is 26.0 Å². The van der Waals surface area contributed by atoms with Crippen LogP contribution in [0.25, 0.3) is 0 Å². The van der Waals surface area contributed by atoms with Gasteiger partial charge in [0.05, 0.1) is 26.0 Å². The third-order valence-electron chi connectivity index (χ3n) is 4.67. The number of carbonyl (C=O) groups is 2. The van der Waals surface area contributed by atoms with Crippen LogP contribution in [0.5, 0.6) is 0 Å². The first-order chi connectivity index (χ1) is 12.5. The Morgan fingerprint density at radius 1 is 1.46 bits per heavy atom. The van der Waals surface area contributed by atoms with E-state index in [1.165, 1.54) is 23.3 Å². The number of esters is 1. The van der Waals surface area contributed by atoms with E-state index < -0.39 is 0 Å². The maximum absolute atomic E-state index is 12.5. The number of nitrogens with one attached hydrogen (secondary N) is 2. The Labute approximate surface area is 157 Å². The van der Waals surface area contributed by atoms with E-state index in [0.717, 1.165) is 35.5 Å². The summed E-state index contributed by atoms with van der Waals surface area (Å²) in [7, 11) is 3.31. The summed E-state index contributed by atoms with van der Waals surface area (Å²) in [5.41, 5.74) is 1.59. The van der Waals surface area contributed by atoms with Crippen LogP contribution in [0, 0.1) is 5.92 Å². The zero-order valence-corrected chi connectivity index (χ0v) is 16.2. The van der Waals surface area contributed by atoms with Crippen LogP contribution in [0.1, 0.15) is 39.9 Å². The number of hydrogen-bond acceptors (Lipinski definition) is 5. The number of likely N-dealkylation sites (N-methyl/N-ethyl adjacent to an activating group) is 1.